The Morgan fingerprint density at radius 1 is 0.906 bits per heavy atom. The lowest BCUT2D eigenvalue weighted by atomic mass is 9.87. The molecule has 166 valence electrons. The van der Waals surface area contributed by atoms with Crippen LogP contribution in [0.3, 0.4) is 0 Å². The van der Waals surface area contributed by atoms with Crippen molar-refractivity contribution in [2.75, 3.05) is 12.4 Å². The van der Waals surface area contributed by atoms with Crippen LogP contribution in [0.5, 0.6) is 11.5 Å². The molecule has 0 unspecified atom stereocenters. The molecule has 0 fully saturated rings. The van der Waals surface area contributed by atoms with E-state index in [0.717, 1.165) is 11.3 Å². The summed E-state index contributed by atoms with van der Waals surface area (Å²) in [5.74, 6) is 0.578. The van der Waals surface area contributed by atoms with Gasteiger partial charge in [-0.1, -0.05) is 32.9 Å². The summed E-state index contributed by atoms with van der Waals surface area (Å²) >= 11 is 0. The number of carbonyl (C=O) groups is 2. The summed E-state index contributed by atoms with van der Waals surface area (Å²) in [5.41, 5.74) is 8.70. The van der Waals surface area contributed by atoms with Crippen LogP contribution >= 0.6 is 0 Å². The van der Waals surface area contributed by atoms with Crippen molar-refractivity contribution in [3.8, 4) is 11.5 Å². The first kappa shape index (κ1) is 22.9. The second kappa shape index (κ2) is 9.56. The van der Waals surface area contributed by atoms with Gasteiger partial charge >= 0.3 is 0 Å². The highest BCUT2D eigenvalue weighted by atomic mass is 16.5. The Morgan fingerprint density at radius 3 is 2.09 bits per heavy atom. The van der Waals surface area contributed by atoms with Crippen LogP contribution in [0.4, 0.5) is 5.69 Å². The second-order valence-corrected chi connectivity index (χ2v) is 8.49. The minimum Gasteiger partial charge on any atom is -0.496 e. The number of nitrogens with one attached hydrogen (secondary N) is 1. The summed E-state index contributed by atoms with van der Waals surface area (Å²) < 4.78 is 11.4. The third-order valence-corrected chi connectivity index (χ3v) is 5.08. The number of primary amides is 1. The molecule has 3 aromatic rings. The van der Waals surface area contributed by atoms with Crippen LogP contribution in [0.1, 0.15) is 52.6 Å². The van der Waals surface area contributed by atoms with Crippen LogP contribution in [0.15, 0.2) is 66.7 Å². The molecule has 2 amide bonds. The predicted molar refractivity (Wildman–Crippen MR) is 125 cm³/mol. The zero-order chi connectivity index (χ0) is 23.3. The molecule has 0 aliphatic carbocycles. The topological polar surface area (TPSA) is 90.6 Å². The van der Waals surface area contributed by atoms with Gasteiger partial charge in [-0.05, 0) is 65.6 Å². The molecule has 6 heteroatoms. The molecule has 6 nitrogen and oxygen atoms in total. The first-order valence-electron chi connectivity index (χ1n) is 10.3. The van der Waals surface area contributed by atoms with E-state index in [4.69, 9.17) is 15.2 Å². The third-order valence-electron chi connectivity index (χ3n) is 5.08. The number of carbonyl (C=O) groups excluding carboxylic acids is 2. The molecule has 0 spiro atoms. The monoisotopic (exact) mass is 432 g/mol. The van der Waals surface area contributed by atoms with Gasteiger partial charge in [0.1, 0.15) is 18.1 Å². The molecule has 3 rings (SSSR count). The van der Waals surface area contributed by atoms with E-state index in [1.54, 1.807) is 49.6 Å². The van der Waals surface area contributed by atoms with Crippen molar-refractivity contribution >= 4 is 17.5 Å². The van der Waals surface area contributed by atoms with Gasteiger partial charge < -0.3 is 20.5 Å². The average Bonchev–Trinajstić information content (AvgIpc) is 2.77. The molecule has 0 heterocycles. The van der Waals surface area contributed by atoms with E-state index in [1.807, 2.05) is 12.1 Å². The Kier molecular flexibility index (Phi) is 6.83. The largest absolute Gasteiger partial charge is 0.496 e. The molecule has 3 aromatic carbocycles. The van der Waals surface area contributed by atoms with E-state index in [2.05, 4.69) is 38.2 Å². The number of anilines is 1. The van der Waals surface area contributed by atoms with Crippen LogP contribution < -0.4 is 20.5 Å². The van der Waals surface area contributed by atoms with E-state index in [-0.39, 0.29) is 17.9 Å². The Morgan fingerprint density at radius 2 is 1.53 bits per heavy atom. The van der Waals surface area contributed by atoms with Crippen molar-refractivity contribution in [1.29, 1.82) is 0 Å². The summed E-state index contributed by atoms with van der Waals surface area (Å²) in [5, 5.41) is 2.81. The van der Waals surface area contributed by atoms with Crippen molar-refractivity contribution in [1.82, 2.24) is 0 Å². The normalized spacial score (nSPS) is 11.0. The molecule has 0 bridgehead atoms. The van der Waals surface area contributed by atoms with E-state index < -0.39 is 5.91 Å². The summed E-state index contributed by atoms with van der Waals surface area (Å²) in [6.45, 7) is 6.75. The lowest BCUT2D eigenvalue weighted by Crippen LogP contribution is -2.14. The Labute approximate surface area is 188 Å². The highest BCUT2D eigenvalue weighted by molar-refractivity contribution is 6.04. The maximum atomic E-state index is 12.7. The Balaban J connectivity index is 1.71. The smallest absolute Gasteiger partial charge is 0.255 e. The molecular formula is C26H28N2O4. The number of amides is 2. The fourth-order valence-electron chi connectivity index (χ4n) is 3.17. The van der Waals surface area contributed by atoms with Gasteiger partial charge in [0, 0.05) is 22.4 Å². The molecule has 0 atom stereocenters. The van der Waals surface area contributed by atoms with Gasteiger partial charge in [0.05, 0.1) is 7.11 Å². The summed E-state index contributed by atoms with van der Waals surface area (Å²) in [6.07, 6.45) is 0. The van der Waals surface area contributed by atoms with Crippen LogP contribution in [0, 0.1) is 0 Å². The van der Waals surface area contributed by atoms with E-state index in [9.17, 15) is 9.59 Å². The second-order valence-electron chi connectivity index (χ2n) is 8.49. The van der Waals surface area contributed by atoms with Gasteiger partial charge in [-0.3, -0.25) is 9.59 Å². The van der Waals surface area contributed by atoms with Gasteiger partial charge in [-0.15, -0.1) is 0 Å². The number of methoxy groups -OCH3 is 1. The maximum absolute atomic E-state index is 12.7. The van der Waals surface area contributed by atoms with Crippen molar-refractivity contribution in [2.24, 2.45) is 5.73 Å². The molecule has 0 aromatic heterocycles. The molecule has 0 saturated carbocycles. The quantitative estimate of drug-likeness (QED) is 0.554. The van der Waals surface area contributed by atoms with E-state index in [1.165, 1.54) is 5.56 Å². The fourth-order valence-corrected chi connectivity index (χ4v) is 3.17. The number of hydrogen-bond donors (Lipinski definition) is 2. The lowest BCUT2D eigenvalue weighted by Gasteiger charge is -2.19. The average molecular weight is 433 g/mol. The number of ether oxygens (including phenoxy) is 2. The summed E-state index contributed by atoms with van der Waals surface area (Å²) in [7, 11) is 1.58. The first-order valence-corrected chi connectivity index (χ1v) is 10.3. The van der Waals surface area contributed by atoms with Gasteiger partial charge in [0.2, 0.25) is 5.91 Å². The molecule has 0 aliphatic heterocycles. The van der Waals surface area contributed by atoms with Gasteiger partial charge in [-0.2, -0.15) is 0 Å². The molecule has 0 radical (unpaired) electrons. The van der Waals surface area contributed by atoms with E-state index >= 15 is 0 Å². The fraction of sp³-hybridized carbons (Fsp3) is 0.231. The van der Waals surface area contributed by atoms with E-state index in [0.29, 0.717) is 22.6 Å². The zero-order valence-electron chi connectivity index (χ0n) is 18.8. The molecular weight excluding hydrogens is 404 g/mol. The Hall–Kier alpha value is -3.80. The summed E-state index contributed by atoms with van der Waals surface area (Å²) in [4.78, 5) is 23.9. The number of hydrogen-bond acceptors (Lipinski definition) is 4. The molecule has 0 aliphatic rings. The number of benzene rings is 3. The summed E-state index contributed by atoms with van der Waals surface area (Å²) in [6, 6.07) is 19.6. The predicted octanol–water partition coefficient (Wildman–Crippen LogP) is 4.92. The van der Waals surface area contributed by atoms with Crippen LogP contribution in [0.25, 0.3) is 0 Å². The number of nitrogens with two attached hydrogens (primary N) is 1. The zero-order valence-corrected chi connectivity index (χ0v) is 18.8. The lowest BCUT2D eigenvalue weighted by molar-refractivity contribution is 0.0998. The van der Waals surface area contributed by atoms with Crippen LogP contribution in [0.2, 0.25) is 0 Å². The third kappa shape index (κ3) is 5.66. The Bertz CT molecular complexity index is 1100. The molecule has 32 heavy (non-hydrogen) atoms. The standard InChI is InChI=1S/C26H28N2O4/c1-26(2,3)20-8-12-22(13-9-20)32-16-19-15-18(7-14-23(19)31-4)25(30)28-21-10-5-17(6-11-21)24(27)29/h5-15H,16H2,1-4H3,(H2,27,29)(H,28,30). The molecule has 0 saturated heterocycles. The SMILES string of the molecule is COc1ccc(C(=O)Nc2ccc(C(N)=O)cc2)cc1COc1ccc(C(C)(C)C)cc1. The van der Waals surface area contributed by atoms with Crippen LogP contribution in [-0.4, -0.2) is 18.9 Å². The minimum absolute atomic E-state index is 0.0730. The van der Waals surface area contributed by atoms with Crippen molar-refractivity contribution in [3.05, 3.63) is 89.0 Å². The first-order chi connectivity index (χ1) is 15.2. The van der Waals surface area contributed by atoms with Crippen molar-refractivity contribution in [3.63, 3.8) is 0 Å². The minimum atomic E-state index is -0.518. The van der Waals surface area contributed by atoms with Crippen molar-refractivity contribution in [2.45, 2.75) is 32.8 Å². The molecule has 3 N–H and O–H groups in total. The van der Waals surface area contributed by atoms with Gasteiger partial charge in [-0.25, -0.2) is 0 Å². The van der Waals surface area contributed by atoms with Gasteiger partial charge in [0.25, 0.3) is 5.91 Å². The van der Waals surface area contributed by atoms with Crippen LogP contribution in [-0.2, 0) is 12.0 Å². The maximum Gasteiger partial charge on any atom is 0.255 e. The van der Waals surface area contributed by atoms with Gasteiger partial charge in [0.15, 0.2) is 0 Å². The highest BCUT2D eigenvalue weighted by Crippen LogP contribution is 2.26. The van der Waals surface area contributed by atoms with Crippen molar-refractivity contribution < 1.29 is 19.1 Å². The highest BCUT2D eigenvalue weighted by Gasteiger charge is 2.14. The number of rotatable bonds is 7.